The van der Waals surface area contributed by atoms with Gasteiger partial charge in [0.25, 0.3) is 0 Å². The van der Waals surface area contributed by atoms with E-state index in [1.54, 1.807) is 0 Å². The van der Waals surface area contributed by atoms with Crippen LogP contribution in [-0.4, -0.2) is 5.11 Å². The predicted molar refractivity (Wildman–Crippen MR) is 85.3 cm³/mol. The highest BCUT2D eigenvalue weighted by Crippen LogP contribution is 2.25. The number of rotatable bonds is 5. The van der Waals surface area contributed by atoms with Crippen LogP contribution >= 0.6 is 11.6 Å². The number of aliphatic hydroxyl groups excluding tert-OH is 1. The van der Waals surface area contributed by atoms with Gasteiger partial charge in [-0.15, -0.1) is 0 Å². The minimum absolute atomic E-state index is 0.513. The maximum Gasteiger partial charge on any atom is 0.0830 e. The van der Waals surface area contributed by atoms with E-state index < -0.39 is 6.10 Å². The SMILES string of the molecule is CCC(C)c1ccc(C(O)Cc2ccccc2Cl)cc1. The van der Waals surface area contributed by atoms with Crippen molar-refractivity contribution in [1.82, 2.24) is 0 Å². The Morgan fingerprint density at radius 3 is 2.20 bits per heavy atom. The van der Waals surface area contributed by atoms with Gasteiger partial charge in [0.2, 0.25) is 0 Å². The fourth-order valence-corrected chi connectivity index (χ4v) is 2.49. The van der Waals surface area contributed by atoms with Gasteiger partial charge in [-0.3, -0.25) is 0 Å². The molecule has 0 saturated heterocycles. The van der Waals surface area contributed by atoms with Gasteiger partial charge in [0, 0.05) is 11.4 Å². The summed E-state index contributed by atoms with van der Waals surface area (Å²) in [6.07, 6.45) is 1.16. The summed E-state index contributed by atoms with van der Waals surface area (Å²) >= 11 is 6.13. The summed E-state index contributed by atoms with van der Waals surface area (Å²) in [5, 5.41) is 11.0. The first-order chi connectivity index (χ1) is 9.61. The number of hydrogen-bond donors (Lipinski definition) is 1. The summed E-state index contributed by atoms with van der Waals surface area (Å²) in [7, 11) is 0. The zero-order valence-corrected chi connectivity index (χ0v) is 12.8. The molecule has 1 N–H and O–H groups in total. The second kappa shape index (κ2) is 6.92. The number of benzene rings is 2. The molecule has 2 atom stereocenters. The summed E-state index contributed by atoms with van der Waals surface area (Å²) in [4.78, 5) is 0. The first-order valence-electron chi connectivity index (χ1n) is 7.13. The van der Waals surface area contributed by atoms with E-state index in [0.29, 0.717) is 17.4 Å². The molecule has 0 amide bonds. The smallest absolute Gasteiger partial charge is 0.0830 e. The van der Waals surface area contributed by atoms with Gasteiger partial charge < -0.3 is 5.11 Å². The van der Waals surface area contributed by atoms with Crippen LogP contribution in [0.1, 0.15) is 49.0 Å². The maximum atomic E-state index is 10.3. The molecule has 0 heterocycles. The van der Waals surface area contributed by atoms with E-state index in [2.05, 4.69) is 26.0 Å². The molecule has 2 rings (SSSR count). The van der Waals surface area contributed by atoms with Crippen LogP contribution in [0, 0.1) is 0 Å². The van der Waals surface area contributed by atoms with Gasteiger partial charge in [0.1, 0.15) is 0 Å². The standard InChI is InChI=1S/C18H21ClO/c1-3-13(2)14-8-10-15(11-9-14)18(20)12-16-6-4-5-7-17(16)19/h4-11,13,18,20H,3,12H2,1-2H3. The Kier molecular flexibility index (Phi) is 5.22. The van der Waals surface area contributed by atoms with Crippen molar-refractivity contribution in [3.63, 3.8) is 0 Å². The second-order valence-corrected chi connectivity index (χ2v) is 5.69. The van der Waals surface area contributed by atoms with Crippen LogP contribution in [0.15, 0.2) is 48.5 Å². The van der Waals surface area contributed by atoms with Crippen molar-refractivity contribution in [3.05, 3.63) is 70.2 Å². The molecule has 0 aliphatic heterocycles. The third kappa shape index (κ3) is 3.62. The van der Waals surface area contributed by atoms with Crippen molar-refractivity contribution >= 4 is 11.6 Å². The van der Waals surface area contributed by atoms with E-state index in [1.807, 2.05) is 36.4 Å². The molecule has 0 saturated carbocycles. The molecule has 2 aromatic carbocycles. The van der Waals surface area contributed by atoms with E-state index in [4.69, 9.17) is 11.6 Å². The maximum absolute atomic E-state index is 10.3. The zero-order chi connectivity index (χ0) is 14.5. The van der Waals surface area contributed by atoms with Crippen molar-refractivity contribution in [1.29, 1.82) is 0 Å². The Hall–Kier alpha value is -1.31. The van der Waals surface area contributed by atoms with Crippen molar-refractivity contribution in [2.45, 2.75) is 38.7 Å². The van der Waals surface area contributed by atoms with Crippen LogP contribution in [0.5, 0.6) is 0 Å². The Bertz CT molecular complexity index is 548. The van der Waals surface area contributed by atoms with E-state index in [-0.39, 0.29) is 0 Å². The molecule has 2 aromatic rings. The monoisotopic (exact) mass is 288 g/mol. The van der Waals surface area contributed by atoms with Gasteiger partial charge in [-0.05, 0) is 35.1 Å². The lowest BCUT2D eigenvalue weighted by molar-refractivity contribution is 0.178. The Balaban J connectivity index is 2.10. The second-order valence-electron chi connectivity index (χ2n) is 5.29. The van der Waals surface area contributed by atoms with Crippen molar-refractivity contribution in [3.8, 4) is 0 Å². The lowest BCUT2D eigenvalue weighted by atomic mass is 9.95. The average molecular weight is 289 g/mol. The molecule has 106 valence electrons. The summed E-state index contributed by atoms with van der Waals surface area (Å²) in [5.74, 6) is 0.560. The Morgan fingerprint density at radius 2 is 1.60 bits per heavy atom. The van der Waals surface area contributed by atoms with Crippen LogP contribution in [0.3, 0.4) is 0 Å². The molecule has 0 aliphatic rings. The van der Waals surface area contributed by atoms with Gasteiger partial charge in [-0.1, -0.05) is 67.9 Å². The van der Waals surface area contributed by atoms with Crippen molar-refractivity contribution in [2.75, 3.05) is 0 Å². The van der Waals surface area contributed by atoms with Gasteiger partial charge in [0.15, 0.2) is 0 Å². The van der Waals surface area contributed by atoms with E-state index >= 15 is 0 Å². The van der Waals surface area contributed by atoms with Crippen molar-refractivity contribution in [2.24, 2.45) is 0 Å². The Morgan fingerprint density at radius 1 is 1.00 bits per heavy atom. The van der Waals surface area contributed by atoms with Crippen LogP contribution < -0.4 is 0 Å². The molecular formula is C18H21ClO. The third-order valence-corrected chi connectivity index (χ3v) is 4.24. The first-order valence-corrected chi connectivity index (χ1v) is 7.51. The van der Waals surface area contributed by atoms with Crippen LogP contribution in [0.2, 0.25) is 5.02 Å². The molecule has 0 fully saturated rings. The molecule has 0 spiro atoms. The molecule has 0 aliphatic carbocycles. The highest BCUT2D eigenvalue weighted by Gasteiger charge is 2.11. The van der Waals surface area contributed by atoms with Crippen molar-refractivity contribution < 1.29 is 5.11 Å². The highest BCUT2D eigenvalue weighted by molar-refractivity contribution is 6.31. The quantitative estimate of drug-likeness (QED) is 0.808. The molecule has 0 aromatic heterocycles. The highest BCUT2D eigenvalue weighted by atomic mass is 35.5. The molecule has 20 heavy (non-hydrogen) atoms. The summed E-state index contributed by atoms with van der Waals surface area (Å²) in [5.41, 5.74) is 3.24. The van der Waals surface area contributed by atoms with E-state index in [9.17, 15) is 5.11 Å². The summed E-state index contributed by atoms with van der Waals surface area (Å²) in [6, 6.07) is 15.9. The fourth-order valence-electron chi connectivity index (χ4n) is 2.27. The Labute approximate surface area is 126 Å². The van der Waals surface area contributed by atoms with E-state index in [0.717, 1.165) is 17.5 Å². The first kappa shape index (κ1) is 15.1. The molecule has 2 heteroatoms. The summed E-state index contributed by atoms with van der Waals surface area (Å²) in [6.45, 7) is 4.40. The van der Waals surface area contributed by atoms with Gasteiger partial charge in [-0.2, -0.15) is 0 Å². The normalized spacial score (nSPS) is 14.0. The number of hydrogen-bond acceptors (Lipinski definition) is 1. The summed E-state index contributed by atoms with van der Waals surface area (Å²) < 4.78 is 0. The van der Waals surface area contributed by atoms with Crippen LogP contribution in [0.25, 0.3) is 0 Å². The minimum atomic E-state index is -0.513. The molecule has 0 bridgehead atoms. The number of aliphatic hydroxyl groups is 1. The van der Waals surface area contributed by atoms with Crippen LogP contribution in [0.4, 0.5) is 0 Å². The third-order valence-electron chi connectivity index (χ3n) is 3.87. The molecular weight excluding hydrogens is 268 g/mol. The lowest BCUT2D eigenvalue weighted by Crippen LogP contribution is -2.03. The largest absolute Gasteiger partial charge is 0.388 e. The predicted octanol–water partition coefficient (Wildman–Crippen LogP) is 5.13. The topological polar surface area (TPSA) is 20.2 Å². The van der Waals surface area contributed by atoms with Gasteiger partial charge in [0.05, 0.1) is 6.10 Å². The average Bonchev–Trinajstić information content (AvgIpc) is 2.49. The minimum Gasteiger partial charge on any atom is -0.388 e. The lowest BCUT2D eigenvalue weighted by Gasteiger charge is -2.14. The fraction of sp³-hybridized carbons (Fsp3) is 0.333. The van der Waals surface area contributed by atoms with Crippen LogP contribution in [-0.2, 0) is 6.42 Å². The molecule has 2 unspecified atom stereocenters. The van der Waals surface area contributed by atoms with Gasteiger partial charge >= 0.3 is 0 Å². The number of halogens is 1. The molecule has 1 nitrogen and oxygen atoms in total. The van der Waals surface area contributed by atoms with E-state index in [1.165, 1.54) is 5.56 Å². The zero-order valence-electron chi connectivity index (χ0n) is 12.0. The molecule has 0 radical (unpaired) electrons. The van der Waals surface area contributed by atoms with Gasteiger partial charge in [-0.25, -0.2) is 0 Å².